The summed E-state index contributed by atoms with van der Waals surface area (Å²) >= 11 is 0. The van der Waals surface area contributed by atoms with Gasteiger partial charge in [0.05, 0.1) is 23.0 Å². The lowest BCUT2D eigenvalue weighted by Crippen LogP contribution is -2.40. The van der Waals surface area contributed by atoms with Crippen molar-refractivity contribution < 1.29 is 9.59 Å². The zero-order valence-corrected chi connectivity index (χ0v) is 22.0. The molecule has 0 fully saturated rings. The second-order valence-corrected chi connectivity index (χ2v) is 9.92. The van der Waals surface area contributed by atoms with Crippen LogP contribution in [0.1, 0.15) is 44.7 Å². The molecule has 2 N–H and O–H groups in total. The van der Waals surface area contributed by atoms with E-state index in [1.165, 1.54) is 4.57 Å². The largest absolute Gasteiger partial charge is 0.354 e. The number of hydrogen-bond donors (Lipinski definition) is 2. The Morgan fingerprint density at radius 1 is 0.816 bits per heavy atom. The van der Waals surface area contributed by atoms with Crippen LogP contribution in [0.5, 0.6) is 0 Å². The summed E-state index contributed by atoms with van der Waals surface area (Å²) in [7, 11) is 0. The van der Waals surface area contributed by atoms with E-state index >= 15 is 0 Å². The first-order valence-electron chi connectivity index (χ1n) is 12.7. The third-order valence-corrected chi connectivity index (χ3v) is 6.22. The molecule has 8 nitrogen and oxygen atoms in total. The molecular weight excluding hydrogens is 480 g/mol. The molecule has 8 heteroatoms. The molecule has 4 aromatic rings. The quantitative estimate of drug-likeness (QED) is 0.373. The Kier molecular flexibility index (Phi) is 7.90. The number of benzene rings is 3. The summed E-state index contributed by atoms with van der Waals surface area (Å²) in [5.41, 5.74) is 2.18. The van der Waals surface area contributed by atoms with Crippen molar-refractivity contribution in [1.82, 2.24) is 14.5 Å². The maximum atomic E-state index is 13.6. The van der Waals surface area contributed by atoms with Crippen molar-refractivity contribution in [1.29, 1.82) is 0 Å². The van der Waals surface area contributed by atoms with Crippen molar-refractivity contribution >= 4 is 28.4 Å². The summed E-state index contributed by atoms with van der Waals surface area (Å²) in [6, 6.07) is 21.0. The summed E-state index contributed by atoms with van der Waals surface area (Å²) in [5.74, 6) is -0.119. The average molecular weight is 513 g/mol. The van der Waals surface area contributed by atoms with Gasteiger partial charge in [-0.3, -0.25) is 19.0 Å². The maximum Gasteiger partial charge on any atom is 0.336 e. The summed E-state index contributed by atoms with van der Waals surface area (Å²) in [4.78, 5) is 52.0. The highest BCUT2D eigenvalue weighted by Gasteiger charge is 2.17. The average Bonchev–Trinajstić information content (AvgIpc) is 2.87. The minimum Gasteiger partial charge on any atom is -0.354 e. The predicted molar refractivity (Wildman–Crippen MR) is 150 cm³/mol. The minimum atomic E-state index is -0.621. The highest BCUT2D eigenvalue weighted by molar-refractivity contribution is 5.91. The first-order chi connectivity index (χ1) is 18.1. The van der Waals surface area contributed by atoms with Crippen molar-refractivity contribution in [2.24, 2.45) is 0 Å². The van der Waals surface area contributed by atoms with Crippen LogP contribution in [0.4, 0.5) is 5.69 Å². The highest BCUT2D eigenvalue weighted by atomic mass is 16.2. The molecule has 0 unspecified atom stereocenters. The molecule has 0 saturated heterocycles. The molecule has 0 aliphatic carbocycles. The van der Waals surface area contributed by atoms with Crippen molar-refractivity contribution in [3.63, 3.8) is 0 Å². The molecule has 0 radical (unpaired) electrons. The van der Waals surface area contributed by atoms with Crippen LogP contribution in [0.15, 0.2) is 82.4 Å². The van der Waals surface area contributed by atoms with Crippen LogP contribution in [0, 0.1) is 0 Å². The summed E-state index contributed by atoms with van der Waals surface area (Å²) in [6.45, 7) is 7.70. The van der Waals surface area contributed by atoms with Gasteiger partial charge in [0.2, 0.25) is 11.8 Å². The molecule has 1 heterocycles. The van der Waals surface area contributed by atoms with Crippen LogP contribution >= 0.6 is 0 Å². The Morgan fingerprint density at radius 2 is 1.47 bits per heavy atom. The smallest absolute Gasteiger partial charge is 0.336 e. The van der Waals surface area contributed by atoms with Crippen LogP contribution in [-0.4, -0.2) is 27.0 Å². The van der Waals surface area contributed by atoms with E-state index in [0.29, 0.717) is 28.2 Å². The number of para-hydroxylation sites is 1. The fourth-order valence-electron chi connectivity index (χ4n) is 4.32. The lowest BCUT2D eigenvalue weighted by Gasteiger charge is -2.15. The Morgan fingerprint density at radius 3 is 2.11 bits per heavy atom. The van der Waals surface area contributed by atoms with Crippen LogP contribution in [0.2, 0.25) is 0 Å². The van der Waals surface area contributed by atoms with Crippen molar-refractivity contribution in [3.8, 4) is 5.69 Å². The van der Waals surface area contributed by atoms with Gasteiger partial charge in [-0.15, -0.1) is 0 Å². The molecule has 0 atom stereocenters. The molecule has 0 aliphatic heterocycles. The van der Waals surface area contributed by atoms with Crippen LogP contribution < -0.4 is 21.9 Å². The van der Waals surface area contributed by atoms with Gasteiger partial charge >= 0.3 is 5.69 Å². The number of carbonyl (C=O) groups is 2. The number of anilines is 1. The van der Waals surface area contributed by atoms with E-state index in [1.807, 2.05) is 38.1 Å². The molecule has 3 aromatic carbocycles. The second-order valence-electron chi connectivity index (χ2n) is 9.92. The number of aromatic nitrogens is 2. The second kappa shape index (κ2) is 11.3. The maximum absolute atomic E-state index is 13.6. The van der Waals surface area contributed by atoms with E-state index in [0.717, 1.165) is 15.7 Å². The van der Waals surface area contributed by atoms with Gasteiger partial charge in [0, 0.05) is 11.7 Å². The van der Waals surface area contributed by atoms with Gasteiger partial charge in [-0.05, 0) is 67.3 Å². The zero-order chi connectivity index (χ0) is 27.4. The van der Waals surface area contributed by atoms with Crippen LogP contribution in [0.25, 0.3) is 16.6 Å². The van der Waals surface area contributed by atoms with E-state index in [2.05, 4.69) is 24.5 Å². The Bertz CT molecular complexity index is 1580. The number of hydrogen-bond acceptors (Lipinski definition) is 4. The topological polar surface area (TPSA) is 102 Å². The molecule has 0 bridgehead atoms. The Hall–Kier alpha value is -4.46. The summed E-state index contributed by atoms with van der Waals surface area (Å²) in [5, 5.41) is 6.00. The molecule has 1 aromatic heterocycles. The van der Waals surface area contributed by atoms with Crippen LogP contribution in [-0.2, 0) is 22.6 Å². The van der Waals surface area contributed by atoms with Gasteiger partial charge < -0.3 is 10.6 Å². The molecular formula is C30H32N4O4. The van der Waals surface area contributed by atoms with Gasteiger partial charge in [-0.25, -0.2) is 9.36 Å². The fraction of sp³-hybridized carbons (Fsp3) is 0.267. The lowest BCUT2D eigenvalue weighted by molar-refractivity contribution is -0.121. The van der Waals surface area contributed by atoms with Gasteiger partial charge in [0.1, 0.15) is 6.54 Å². The standard InChI is InChI=1S/C30H32N4O4/c1-19(2)22-11-13-23(14-12-22)32-28(36)18-33-26-8-6-5-7-25(26)29(37)34(30(33)38)24-15-9-21(10-16-24)17-27(35)31-20(3)4/h5-16,19-20H,17-18H2,1-4H3,(H,31,35)(H,32,36). The highest BCUT2D eigenvalue weighted by Crippen LogP contribution is 2.17. The number of rotatable bonds is 8. The van der Waals surface area contributed by atoms with Gasteiger partial charge in [-0.2, -0.15) is 0 Å². The molecule has 4 rings (SSSR count). The first-order valence-corrected chi connectivity index (χ1v) is 12.7. The van der Waals surface area contributed by atoms with E-state index in [4.69, 9.17) is 0 Å². The number of nitrogens with one attached hydrogen (secondary N) is 2. The minimum absolute atomic E-state index is 0.0352. The third-order valence-electron chi connectivity index (χ3n) is 6.22. The van der Waals surface area contributed by atoms with Gasteiger partial charge in [-0.1, -0.05) is 50.2 Å². The monoisotopic (exact) mass is 512 g/mol. The Balaban J connectivity index is 1.67. The number of amides is 2. The van der Waals surface area contributed by atoms with Crippen LogP contribution in [0.3, 0.4) is 0 Å². The van der Waals surface area contributed by atoms with Gasteiger partial charge in [0.25, 0.3) is 5.56 Å². The molecule has 0 saturated carbocycles. The van der Waals surface area contributed by atoms with Crippen molar-refractivity contribution in [3.05, 3.63) is 105 Å². The van der Waals surface area contributed by atoms with E-state index in [9.17, 15) is 19.2 Å². The number of nitrogens with zero attached hydrogens (tertiary/aromatic N) is 2. The van der Waals surface area contributed by atoms with E-state index in [1.54, 1.807) is 48.5 Å². The third kappa shape index (κ3) is 5.91. The predicted octanol–water partition coefficient (Wildman–Crippen LogP) is 3.98. The SMILES string of the molecule is CC(C)NC(=O)Cc1ccc(-n2c(=O)c3ccccc3n(CC(=O)Nc3ccc(C(C)C)cc3)c2=O)cc1. The molecule has 2 amide bonds. The fourth-order valence-corrected chi connectivity index (χ4v) is 4.32. The zero-order valence-electron chi connectivity index (χ0n) is 22.0. The molecule has 0 aliphatic rings. The molecule has 0 spiro atoms. The van der Waals surface area contributed by atoms with E-state index in [-0.39, 0.29) is 30.8 Å². The van der Waals surface area contributed by atoms with Crippen molar-refractivity contribution in [2.75, 3.05) is 5.32 Å². The van der Waals surface area contributed by atoms with Gasteiger partial charge in [0.15, 0.2) is 0 Å². The first kappa shape index (κ1) is 26.6. The normalized spacial score (nSPS) is 11.2. The molecule has 38 heavy (non-hydrogen) atoms. The van der Waals surface area contributed by atoms with E-state index < -0.39 is 11.2 Å². The summed E-state index contributed by atoms with van der Waals surface area (Å²) in [6.07, 6.45) is 0.188. The number of fused-ring (bicyclic) bond motifs is 1. The summed E-state index contributed by atoms with van der Waals surface area (Å²) < 4.78 is 2.36. The van der Waals surface area contributed by atoms with Crippen molar-refractivity contribution in [2.45, 2.75) is 52.6 Å². The Labute approximate surface area is 220 Å². The number of carbonyl (C=O) groups excluding carboxylic acids is 2. The molecule has 196 valence electrons. The lowest BCUT2D eigenvalue weighted by atomic mass is 10.0.